The molecule has 31 heavy (non-hydrogen) atoms. The van der Waals surface area contributed by atoms with Gasteiger partial charge in [-0.15, -0.1) is 0 Å². The van der Waals surface area contributed by atoms with Gasteiger partial charge >= 0.3 is 0 Å². The lowest BCUT2D eigenvalue weighted by atomic mass is 10.1. The van der Waals surface area contributed by atoms with Gasteiger partial charge in [-0.05, 0) is 47.5 Å². The van der Waals surface area contributed by atoms with Crippen LogP contribution in [0.5, 0.6) is 0 Å². The third kappa shape index (κ3) is 5.03. The van der Waals surface area contributed by atoms with E-state index < -0.39 is 0 Å². The molecule has 4 nitrogen and oxygen atoms in total. The van der Waals surface area contributed by atoms with Crippen molar-refractivity contribution in [3.8, 4) is 0 Å². The Kier molecular flexibility index (Phi) is 6.80. The van der Waals surface area contributed by atoms with E-state index in [0.717, 1.165) is 15.7 Å². The SMILES string of the molecule is CCc1c(Sc2cccc3ccccc23)nc(SCC(=O)c2ccc(Cl)cc2)[nH]c1=O. The van der Waals surface area contributed by atoms with Gasteiger partial charge in [-0.2, -0.15) is 0 Å². The lowest BCUT2D eigenvalue weighted by molar-refractivity contribution is 0.102. The summed E-state index contributed by atoms with van der Waals surface area (Å²) in [5.74, 6) is 0.126. The summed E-state index contributed by atoms with van der Waals surface area (Å²) in [6.45, 7) is 1.94. The molecule has 0 unspecified atom stereocenters. The number of benzene rings is 3. The monoisotopic (exact) mass is 466 g/mol. The molecule has 3 aromatic carbocycles. The number of nitrogens with one attached hydrogen (secondary N) is 1. The Morgan fingerprint density at radius 1 is 1.03 bits per heavy atom. The van der Waals surface area contributed by atoms with Crippen molar-refractivity contribution in [3.63, 3.8) is 0 Å². The van der Waals surface area contributed by atoms with Crippen molar-refractivity contribution in [2.75, 3.05) is 5.75 Å². The average molecular weight is 467 g/mol. The number of carbonyl (C=O) groups is 1. The third-order valence-corrected chi connectivity index (χ3v) is 7.00. The molecule has 0 aliphatic rings. The summed E-state index contributed by atoms with van der Waals surface area (Å²) in [6.07, 6.45) is 0.573. The van der Waals surface area contributed by atoms with Crippen LogP contribution >= 0.6 is 35.1 Å². The Labute approximate surface area is 193 Å². The van der Waals surface area contributed by atoms with Gasteiger partial charge in [0.1, 0.15) is 5.03 Å². The highest BCUT2D eigenvalue weighted by molar-refractivity contribution is 8.00. The molecule has 156 valence electrons. The molecular weight excluding hydrogens is 448 g/mol. The van der Waals surface area contributed by atoms with E-state index in [1.54, 1.807) is 24.3 Å². The fraction of sp³-hybridized carbons (Fsp3) is 0.125. The molecule has 1 aromatic heterocycles. The van der Waals surface area contributed by atoms with Crippen LogP contribution < -0.4 is 5.56 Å². The van der Waals surface area contributed by atoms with Crippen LogP contribution in [-0.2, 0) is 6.42 Å². The van der Waals surface area contributed by atoms with Crippen LogP contribution in [0.25, 0.3) is 10.8 Å². The predicted molar refractivity (Wildman–Crippen MR) is 129 cm³/mol. The molecule has 0 aliphatic heterocycles. The summed E-state index contributed by atoms with van der Waals surface area (Å²) in [5.41, 5.74) is 1.06. The molecule has 0 atom stereocenters. The second-order valence-corrected chi connectivity index (χ2v) is 9.24. The van der Waals surface area contributed by atoms with Crippen molar-refractivity contribution in [1.29, 1.82) is 0 Å². The summed E-state index contributed by atoms with van der Waals surface area (Å²) < 4.78 is 0. The Balaban J connectivity index is 1.60. The van der Waals surface area contributed by atoms with E-state index in [1.165, 1.54) is 23.5 Å². The quantitative estimate of drug-likeness (QED) is 0.150. The number of hydrogen-bond donors (Lipinski definition) is 1. The molecule has 0 aliphatic carbocycles. The summed E-state index contributed by atoms with van der Waals surface area (Å²) in [7, 11) is 0. The Morgan fingerprint density at radius 2 is 1.77 bits per heavy atom. The molecular formula is C24H19ClN2O2S2. The van der Waals surface area contributed by atoms with E-state index >= 15 is 0 Å². The van der Waals surface area contributed by atoms with Crippen LogP contribution in [0.1, 0.15) is 22.8 Å². The fourth-order valence-electron chi connectivity index (χ4n) is 3.16. The maximum Gasteiger partial charge on any atom is 0.255 e. The van der Waals surface area contributed by atoms with Crippen molar-refractivity contribution in [1.82, 2.24) is 9.97 Å². The summed E-state index contributed by atoms with van der Waals surface area (Å²) in [4.78, 5) is 33.7. The van der Waals surface area contributed by atoms with Crippen molar-refractivity contribution < 1.29 is 4.79 Å². The molecule has 1 N–H and O–H groups in total. The molecule has 4 aromatic rings. The number of thioether (sulfide) groups is 1. The number of halogens is 1. The van der Waals surface area contributed by atoms with Gasteiger partial charge in [0.2, 0.25) is 0 Å². The highest BCUT2D eigenvalue weighted by Gasteiger charge is 2.15. The van der Waals surface area contributed by atoms with E-state index in [2.05, 4.69) is 28.2 Å². The van der Waals surface area contributed by atoms with Crippen LogP contribution in [-0.4, -0.2) is 21.5 Å². The maximum atomic E-state index is 12.7. The van der Waals surface area contributed by atoms with Crippen molar-refractivity contribution in [2.24, 2.45) is 0 Å². The molecule has 7 heteroatoms. The zero-order valence-electron chi connectivity index (χ0n) is 16.7. The largest absolute Gasteiger partial charge is 0.301 e. The van der Waals surface area contributed by atoms with E-state index in [1.807, 2.05) is 31.2 Å². The molecule has 1 heterocycles. The fourth-order valence-corrected chi connectivity index (χ4v) is 5.25. The first-order chi connectivity index (χ1) is 15.0. The van der Waals surface area contributed by atoms with E-state index in [-0.39, 0.29) is 17.1 Å². The van der Waals surface area contributed by atoms with Gasteiger partial charge < -0.3 is 4.98 Å². The zero-order valence-corrected chi connectivity index (χ0v) is 19.1. The van der Waals surface area contributed by atoms with Gasteiger partial charge in [-0.25, -0.2) is 4.98 Å². The van der Waals surface area contributed by atoms with Crippen LogP contribution in [0.2, 0.25) is 5.02 Å². The number of Topliss-reactive ketones (excluding diaryl/α,β-unsaturated/α-hetero) is 1. The van der Waals surface area contributed by atoms with Gasteiger partial charge in [0.05, 0.1) is 5.75 Å². The van der Waals surface area contributed by atoms with Crippen molar-refractivity contribution >= 4 is 51.7 Å². The molecule has 0 spiro atoms. The molecule has 0 saturated heterocycles. The van der Waals surface area contributed by atoms with E-state index in [4.69, 9.17) is 11.6 Å². The Morgan fingerprint density at radius 3 is 2.55 bits per heavy atom. The van der Waals surface area contributed by atoms with E-state index in [0.29, 0.717) is 32.8 Å². The zero-order chi connectivity index (χ0) is 21.8. The third-order valence-electron chi connectivity index (χ3n) is 4.77. The summed E-state index contributed by atoms with van der Waals surface area (Å²) in [5, 5.41) is 3.95. The smallest absolute Gasteiger partial charge is 0.255 e. The molecule has 0 radical (unpaired) electrons. The second-order valence-electron chi connectivity index (χ2n) is 6.81. The normalized spacial score (nSPS) is 11.0. The maximum absolute atomic E-state index is 12.7. The van der Waals surface area contributed by atoms with Crippen LogP contribution in [0.15, 0.2) is 86.6 Å². The number of nitrogens with zero attached hydrogens (tertiary/aromatic N) is 1. The Hall–Kier alpha value is -2.54. The highest BCUT2D eigenvalue weighted by Crippen LogP contribution is 2.34. The van der Waals surface area contributed by atoms with Gasteiger partial charge in [0, 0.05) is 21.0 Å². The van der Waals surface area contributed by atoms with Gasteiger partial charge in [-0.1, -0.05) is 78.4 Å². The lowest BCUT2D eigenvalue weighted by Crippen LogP contribution is -2.16. The van der Waals surface area contributed by atoms with Gasteiger partial charge in [0.25, 0.3) is 5.56 Å². The number of H-pyrrole nitrogens is 1. The van der Waals surface area contributed by atoms with Crippen molar-refractivity contribution in [2.45, 2.75) is 28.4 Å². The van der Waals surface area contributed by atoms with E-state index in [9.17, 15) is 9.59 Å². The van der Waals surface area contributed by atoms with Crippen molar-refractivity contribution in [3.05, 3.63) is 93.2 Å². The van der Waals surface area contributed by atoms with Crippen LogP contribution in [0, 0.1) is 0 Å². The minimum absolute atomic E-state index is 0.0489. The van der Waals surface area contributed by atoms with Gasteiger partial charge in [0.15, 0.2) is 10.9 Å². The number of fused-ring (bicyclic) bond motifs is 1. The first kappa shape index (κ1) is 21.7. The number of ketones is 1. The number of carbonyl (C=O) groups excluding carboxylic acids is 1. The summed E-state index contributed by atoms with van der Waals surface area (Å²) >= 11 is 8.60. The van der Waals surface area contributed by atoms with Gasteiger partial charge in [-0.3, -0.25) is 9.59 Å². The predicted octanol–water partition coefficient (Wildman–Crippen LogP) is 6.27. The number of aromatic amines is 1. The molecule has 0 amide bonds. The van der Waals surface area contributed by atoms with Crippen LogP contribution in [0.3, 0.4) is 0 Å². The standard InChI is InChI=1S/C24H19ClN2O2S2/c1-2-18-22(29)26-24(30-14-20(28)16-10-12-17(25)13-11-16)27-23(18)31-21-9-5-7-15-6-3-4-8-19(15)21/h3-13H,2,14H2,1H3,(H,26,27,29). The number of hydrogen-bond acceptors (Lipinski definition) is 5. The topological polar surface area (TPSA) is 62.8 Å². The molecule has 0 saturated carbocycles. The second kappa shape index (κ2) is 9.73. The lowest BCUT2D eigenvalue weighted by Gasteiger charge is -2.10. The molecule has 0 fully saturated rings. The minimum atomic E-state index is -0.165. The van der Waals surface area contributed by atoms with Crippen LogP contribution in [0.4, 0.5) is 0 Å². The first-order valence-electron chi connectivity index (χ1n) is 9.75. The molecule has 0 bridgehead atoms. The summed E-state index contributed by atoms with van der Waals surface area (Å²) in [6, 6.07) is 21.0. The number of aromatic nitrogens is 2. The Bertz CT molecular complexity index is 1300. The molecule has 4 rings (SSSR count). The number of rotatable bonds is 7. The minimum Gasteiger partial charge on any atom is -0.301 e. The first-order valence-corrected chi connectivity index (χ1v) is 11.9. The highest BCUT2D eigenvalue weighted by atomic mass is 35.5. The average Bonchev–Trinajstić information content (AvgIpc) is 2.78.